The van der Waals surface area contributed by atoms with Gasteiger partial charge in [0, 0.05) is 24.7 Å². The summed E-state index contributed by atoms with van der Waals surface area (Å²) in [6, 6.07) is 9.03. The van der Waals surface area contributed by atoms with Crippen molar-refractivity contribution in [1.29, 1.82) is 0 Å². The number of hydrogen-bond donors (Lipinski definition) is 2. The van der Waals surface area contributed by atoms with Crippen LogP contribution in [0, 0.1) is 11.8 Å². The van der Waals surface area contributed by atoms with E-state index in [0.717, 1.165) is 5.69 Å². The first-order valence-corrected chi connectivity index (χ1v) is 5.91. The van der Waals surface area contributed by atoms with Crippen LogP contribution in [0.2, 0.25) is 0 Å². The van der Waals surface area contributed by atoms with Gasteiger partial charge in [0.05, 0.1) is 5.92 Å². The van der Waals surface area contributed by atoms with Crippen LogP contribution >= 0.6 is 0 Å². The van der Waals surface area contributed by atoms with Gasteiger partial charge in [0.1, 0.15) is 0 Å². The van der Waals surface area contributed by atoms with E-state index in [2.05, 4.69) is 5.32 Å². The van der Waals surface area contributed by atoms with Gasteiger partial charge in [-0.3, -0.25) is 4.79 Å². The fraction of sp³-hybridized carbons (Fsp3) is 0.385. The van der Waals surface area contributed by atoms with Crippen molar-refractivity contribution in [3.63, 3.8) is 0 Å². The van der Waals surface area contributed by atoms with Crippen molar-refractivity contribution in [2.75, 3.05) is 18.4 Å². The highest BCUT2D eigenvalue weighted by Crippen LogP contribution is 2.24. The van der Waals surface area contributed by atoms with Crippen molar-refractivity contribution in [3.05, 3.63) is 30.3 Å². The normalized spacial score (nSPS) is 16.8. The van der Waals surface area contributed by atoms with Gasteiger partial charge in [-0.15, -0.1) is 0 Å². The number of likely N-dealkylation sites (tertiary alicyclic amines) is 1. The smallest absolute Gasteiger partial charge is 0.321 e. The highest BCUT2D eigenvalue weighted by atomic mass is 16.4. The number of nitrogens with one attached hydrogen (secondary N) is 1. The number of urea groups is 1. The predicted octanol–water partition coefficient (Wildman–Crippen LogP) is 1.87. The molecule has 0 spiro atoms. The molecule has 5 heteroatoms. The molecule has 0 radical (unpaired) electrons. The van der Waals surface area contributed by atoms with E-state index in [0.29, 0.717) is 13.1 Å². The zero-order valence-corrected chi connectivity index (χ0v) is 10.2. The summed E-state index contributed by atoms with van der Waals surface area (Å²) in [6.45, 7) is 2.69. The highest BCUT2D eigenvalue weighted by Gasteiger charge is 2.37. The molecule has 1 aromatic carbocycles. The molecule has 0 bridgehead atoms. The number of amides is 2. The Labute approximate surface area is 105 Å². The predicted molar refractivity (Wildman–Crippen MR) is 67.3 cm³/mol. The van der Waals surface area contributed by atoms with Crippen LogP contribution in [0.4, 0.5) is 10.5 Å². The maximum Gasteiger partial charge on any atom is 0.321 e. The Bertz CT molecular complexity index is 441. The summed E-state index contributed by atoms with van der Waals surface area (Å²) in [7, 11) is 0. The molecule has 1 aliphatic heterocycles. The molecule has 0 aliphatic carbocycles. The van der Waals surface area contributed by atoms with Crippen LogP contribution in [-0.2, 0) is 4.79 Å². The number of benzene rings is 1. The lowest BCUT2D eigenvalue weighted by atomic mass is 9.87. The minimum atomic E-state index is -0.803. The van der Waals surface area contributed by atoms with Crippen LogP contribution in [0.1, 0.15) is 6.92 Å². The molecule has 96 valence electrons. The average Bonchev–Trinajstić information content (AvgIpc) is 2.28. The molecule has 1 aromatic rings. The van der Waals surface area contributed by atoms with Gasteiger partial charge in [0.2, 0.25) is 0 Å². The summed E-state index contributed by atoms with van der Waals surface area (Å²) in [4.78, 5) is 24.2. The van der Waals surface area contributed by atoms with Crippen molar-refractivity contribution in [2.24, 2.45) is 11.8 Å². The SMILES string of the molecule is CC(C(=O)O)C1CN(C(=O)Nc2ccccc2)C1. The first kappa shape index (κ1) is 12.4. The van der Waals surface area contributed by atoms with Gasteiger partial charge in [-0.25, -0.2) is 4.79 Å². The zero-order valence-electron chi connectivity index (χ0n) is 10.2. The van der Waals surface area contributed by atoms with Crippen molar-refractivity contribution >= 4 is 17.7 Å². The number of carbonyl (C=O) groups excluding carboxylic acids is 1. The van der Waals surface area contributed by atoms with Gasteiger partial charge >= 0.3 is 12.0 Å². The standard InChI is InChI=1S/C13H16N2O3/c1-9(12(16)17)10-7-15(8-10)13(18)14-11-5-3-2-4-6-11/h2-6,9-10H,7-8H2,1H3,(H,14,18)(H,16,17). The Balaban J connectivity index is 1.82. The number of para-hydroxylation sites is 1. The minimum Gasteiger partial charge on any atom is -0.481 e. The van der Waals surface area contributed by atoms with Gasteiger partial charge in [0.25, 0.3) is 0 Å². The number of aliphatic carboxylic acids is 1. The second kappa shape index (κ2) is 5.08. The molecular weight excluding hydrogens is 232 g/mol. The lowest BCUT2D eigenvalue weighted by molar-refractivity contribution is -0.144. The Kier molecular flexibility index (Phi) is 3.50. The first-order valence-electron chi connectivity index (χ1n) is 5.91. The van der Waals surface area contributed by atoms with Crippen LogP contribution in [0.25, 0.3) is 0 Å². The van der Waals surface area contributed by atoms with E-state index in [1.165, 1.54) is 0 Å². The fourth-order valence-corrected chi connectivity index (χ4v) is 1.92. The largest absolute Gasteiger partial charge is 0.481 e. The van der Waals surface area contributed by atoms with E-state index in [-0.39, 0.29) is 11.9 Å². The number of hydrogen-bond acceptors (Lipinski definition) is 2. The molecule has 5 nitrogen and oxygen atoms in total. The van der Waals surface area contributed by atoms with Crippen LogP contribution in [0.5, 0.6) is 0 Å². The molecule has 2 N–H and O–H groups in total. The molecular formula is C13H16N2O3. The zero-order chi connectivity index (χ0) is 13.1. The van der Waals surface area contributed by atoms with Crippen LogP contribution in [-0.4, -0.2) is 35.1 Å². The summed E-state index contributed by atoms with van der Waals surface area (Å²) in [5.74, 6) is -1.14. The summed E-state index contributed by atoms with van der Waals surface area (Å²) >= 11 is 0. The Morgan fingerprint density at radius 1 is 1.33 bits per heavy atom. The molecule has 1 fully saturated rings. The lowest BCUT2D eigenvalue weighted by Crippen LogP contribution is -2.54. The van der Waals surface area contributed by atoms with E-state index in [1.54, 1.807) is 11.8 Å². The maximum atomic E-state index is 11.8. The fourth-order valence-electron chi connectivity index (χ4n) is 1.92. The summed E-state index contributed by atoms with van der Waals surface area (Å²) < 4.78 is 0. The van der Waals surface area contributed by atoms with E-state index < -0.39 is 11.9 Å². The monoisotopic (exact) mass is 248 g/mol. The van der Waals surface area contributed by atoms with E-state index in [1.807, 2.05) is 30.3 Å². The quantitative estimate of drug-likeness (QED) is 0.858. The molecule has 1 heterocycles. The van der Waals surface area contributed by atoms with Crippen molar-refractivity contribution in [2.45, 2.75) is 6.92 Å². The number of carboxylic acids is 1. The molecule has 1 atom stereocenters. The van der Waals surface area contributed by atoms with Crippen molar-refractivity contribution < 1.29 is 14.7 Å². The van der Waals surface area contributed by atoms with Gasteiger partial charge in [-0.1, -0.05) is 25.1 Å². The Morgan fingerprint density at radius 2 is 1.94 bits per heavy atom. The first-order chi connectivity index (χ1) is 8.58. The average molecular weight is 248 g/mol. The highest BCUT2D eigenvalue weighted by molar-refractivity contribution is 5.89. The molecule has 2 amide bonds. The third kappa shape index (κ3) is 2.61. The van der Waals surface area contributed by atoms with Crippen LogP contribution < -0.4 is 5.32 Å². The van der Waals surface area contributed by atoms with Crippen LogP contribution in [0.15, 0.2) is 30.3 Å². The number of rotatable bonds is 3. The van der Waals surface area contributed by atoms with Gasteiger partial charge < -0.3 is 15.3 Å². The molecule has 1 aliphatic rings. The van der Waals surface area contributed by atoms with Gasteiger partial charge in [-0.2, -0.15) is 0 Å². The second-order valence-corrected chi connectivity index (χ2v) is 4.59. The number of nitrogens with zero attached hydrogens (tertiary/aromatic N) is 1. The maximum absolute atomic E-state index is 11.8. The number of carboxylic acid groups (broad SMARTS) is 1. The lowest BCUT2D eigenvalue weighted by Gasteiger charge is -2.40. The summed E-state index contributed by atoms with van der Waals surface area (Å²) in [5.41, 5.74) is 0.747. The van der Waals surface area contributed by atoms with E-state index in [4.69, 9.17) is 5.11 Å². The molecule has 1 saturated heterocycles. The molecule has 0 aromatic heterocycles. The van der Waals surface area contributed by atoms with Gasteiger partial charge in [-0.05, 0) is 12.1 Å². The summed E-state index contributed by atoms with van der Waals surface area (Å²) in [5, 5.41) is 11.6. The third-order valence-corrected chi connectivity index (χ3v) is 3.32. The topological polar surface area (TPSA) is 69.6 Å². The Morgan fingerprint density at radius 3 is 2.50 bits per heavy atom. The molecule has 2 rings (SSSR count). The minimum absolute atomic E-state index is 0.0593. The Hall–Kier alpha value is -2.04. The molecule has 1 unspecified atom stereocenters. The summed E-state index contributed by atoms with van der Waals surface area (Å²) in [6.07, 6.45) is 0. The van der Waals surface area contributed by atoms with Crippen molar-refractivity contribution in [3.8, 4) is 0 Å². The second-order valence-electron chi connectivity index (χ2n) is 4.59. The number of anilines is 1. The van der Waals surface area contributed by atoms with Crippen LogP contribution in [0.3, 0.4) is 0 Å². The van der Waals surface area contributed by atoms with Crippen molar-refractivity contribution in [1.82, 2.24) is 4.90 Å². The molecule has 18 heavy (non-hydrogen) atoms. The van der Waals surface area contributed by atoms with E-state index in [9.17, 15) is 9.59 Å². The molecule has 0 saturated carbocycles. The van der Waals surface area contributed by atoms with Gasteiger partial charge in [0.15, 0.2) is 0 Å². The third-order valence-electron chi connectivity index (χ3n) is 3.32. The number of carbonyl (C=O) groups is 2. The van der Waals surface area contributed by atoms with E-state index >= 15 is 0 Å².